The molecule has 0 bridgehead atoms. The lowest BCUT2D eigenvalue weighted by atomic mass is 10.3. The van der Waals surface area contributed by atoms with E-state index in [1.54, 1.807) is 18.4 Å². The van der Waals surface area contributed by atoms with E-state index in [2.05, 4.69) is 30.9 Å². The lowest BCUT2D eigenvalue weighted by Gasteiger charge is -2.36. The van der Waals surface area contributed by atoms with Crippen molar-refractivity contribution in [1.29, 1.82) is 0 Å². The van der Waals surface area contributed by atoms with Crippen molar-refractivity contribution >= 4 is 38.9 Å². The standard InChI is InChI=1S/C14H24ClN5O2S2/c1-16-14(17-5-6-18-24(2,21)22)20-9-7-19(8-10-20)11-12-3-4-13(15)23-12/h3-4,18H,5-11H2,1-2H3,(H,16,17). The Kier molecular flexibility index (Phi) is 7.30. The number of hydrogen-bond acceptors (Lipinski definition) is 5. The van der Waals surface area contributed by atoms with Crippen molar-refractivity contribution < 1.29 is 8.42 Å². The van der Waals surface area contributed by atoms with Crippen LogP contribution in [0.4, 0.5) is 0 Å². The Balaban J connectivity index is 1.73. The van der Waals surface area contributed by atoms with Gasteiger partial charge in [-0.2, -0.15) is 0 Å². The van der Waals surface area contributed by atoms with Crippen LogP contribution in [0.15, 0.2) is 17.1 Å². The van der Waals surface area contributed by atoms with Crippen molar-refractivity contribution in [3.05, 3.63) is 21.3 Å². The predicted octanol–water partition coefficient (Wildman–Crippen LogP) is 0.644. The van der Waals surface area contributed by atoms with Crippen LogP contribution in [0.1, 0.15) is 4.88 Å². The number of piperazine rings is 1. The molecule has 0 spiro atoms. The molecule has 0 saturated carbocycles. The number of sulfonamides is 1. The Morgan fingerprint density at radius 1 is 1.29 bits per heavy atom. The van der Waals surface area contributed by atoms with Gasteiger partial charge in [0.25, 0.3) is 0 Å². The molecule has 1 aromatic rings. The van der Waals surface area contributed by atoms with Gasteiger partial charge in [-0.15, -0.1) is 11.3 Å². The summed E-state index contributed by atoms with van der Waals surface area (Å²) >= 11 is 7.60. The van der Waals surface area contributed by atoms with E-state index < -0.39 is 10.0 Å². The highest BCUT2D eigenvalue weighted by Crippen LogP contribution is 2.23. The molecule has 2 N–H and O–H groups in total. The van der Waals surface area contributed by atoms with Crippen LogP contribution in [0.3, 0.4) is 0 Å². The fraction of sp³-hybridized carbons (Fsp3) is 0.643. The van der Waals surface area contributed by atoms with Crippen LogP contribution in [0.25, 0.3) is 0 Å². The summed E-state index contributed by atoms with van der Waals surface area (Å²) < 4.78 is 25.4. The summed E-state index contributed by atoms with van der Waals surface area (Å²) in [5, 5.41) is 3.19. The third kappa shape index (κ3) is 6.56. The highest BCUT2D eigenvalue weighted by molar-refractivity contribution is 7.88. The van der Waals surface area contributed by atoms with Crippen molar-refractivity contribution in [1.82, 2.24) is 19.8 Å². The van der Waals surface area contributed by atoms with Gasteiger partial charge in [0.05, 0.1) is 10.6 Å². The maximum Gasteiger partial charge on any atom is 0.208 e. The van der Waals surface area contributed by atoms with Crippen molar-refractivity contribution in [2.45, 2.75) is 6.54 Å². The van der Waals surface area contributed by atoms with Gasteiger partial charge in [-0.1, -0.05) is 11.6 Å². The van der Waals surface area contributed by atoms with E-state index in [1.165, 1.54) is 4.88 Å². The van der Waals surface area contributed by atoms with Gasteiger partial charge in [0, 0.05) is 57.7 Å². The van der Waals surface area contributed by atoms with Crippen LogP contribution < -0.4 is 10.0 Å². The highest BCUT2D eigenvalue weighted by Gasteiger charge is 2.19. The minimum atomic E-state index is -3.15. The average Bonchev–Trinajstić information content (AvgIpc) is 2.92. The zero-order chi connectivity index (χ0) is 17.6. The Hall–Kier alpha value is -0.870. The summed E-state index contributed by atoms with van der Waals surface area (Å²) in [6.45, 7) is 5.46. The summed E-state index contributed by atoms with van der Waals surface area (Å²) in [4.78, 5) is 10.2. The van der Waals surface area contributed by atoms with Gasteiger partial charge in [0.2, 0.25) is 10.0 Å². The van der Waals surface area contributed by atoms with E-state index in [4.69, 9.17) is 11.6 Å². The Morgan fingerprint density at radius 3 is 2.54 bits per heavy atom. The molecule has 0 unspecified atom stereocenters. The molecule has 24 heavy (non-hydrogen) atoms. The molecule has 1 fully saturated rings. The topological polar surface area (TPSA) is 77.0 Å². The van der Waals surface area contributed by atoms with Gasteiger partial charge in [-0.25, -0.2) is 13.1 Å². The molecule has 0 atom stereocenters. The molecule has 10 heteroatoms. The van der Waals surface area contributed by atoms with Crippen molar-refractivity contribution in [2.24, 2.45) is 4.99 Å². The normalized spacial score (nSPS) is 17.3. The summed E-state index contributed by atoms with van der Waals surface area (Å²) in [5.74, 6) is 0.809. The number of halogens is 1. The number of aliphatic imine (C=N–C) groups is 1. The third-order valence-corrected chi connectivity index (χ3v) is 5.61. The Labute approximate surface area is 152 Å². The van der Waals surface area contributed by atoms with E-state index in [9.17, 15) is 8.42 Å². The molecule has 1 aromatic heterocycles. The van der Waals surface area contributed by atoms with Gasteiger partial charge < -0.3 is 10.2 Å². The quantitative estimate of drug-likeness (QED) is 0.421. The molecule has 0 aromatic carbocycles. The van der Waals surface area contributed by atoms with E-state index >= 15 is 0 Å². The zero-order valence-corrected chi connectivity index (χ0v) is 16.3. The van der Waals surface area contributed by atoms with Crippen LogP contribution >= 0.6 is 22.9 Å². The number of guanidine groups is 1. The number of thiophene rings is 1. The minimum Gasteiger partial charge on any atom is -0.355 e. The molecule has 0 radical (unpaired) electrons. The van der Waals surface area contributed by atoms with Gasteiger partial charge >= 0.3 is 0 Å². The SMILES string of the molecule is CN=C(NCCNS(C)(=O)=O)N1CCN(Cc2ccc(Cl)s2)CC1. The van der Waals surface area contributed by atoms with E-state index in [0.29, 0.717) is 13.1 Å². The summed E-state index contributed by atoms with van der Waals surface area (Å²) in [6, 6.07) is 4.02. The van der Waals surface area contributed by atoms with E-state index in [1.807, 2.05) is 6.07 Å². The van der Waals surface area contributed by atoms with Gasteiger partial charge in [-0.05, 0) is 12.1 Å². The lowest BCUT2D eigenvalue weighted by molar-refractivity contribution is 0.174. The second-order valence-electron chi connectivity index (χ2n) is 5.61. The molecule has 1 saturated heterocycles. The molecule has 2 rings (SSSR count). The van der Waals surface area contributed by atoms with Crippen LogP contribution in [0.5, 0.6) is 0 Å². The number of rotatable bonds is 6. The second kappa shape index (κ2) is 9.00. The van der Waals surface area contributed by atoms with Crippen molar-refractivity contribution in [3.8, 4) is 0 Å². The first-order valence-corrected chi connectivity index (χ1v) is 10.8. The van der Waals surface area contributed by atoms with Crippen molar-refractivity contribution in [3.63, 3.8) is 0 Å². The minimum absolute atomic E-state index is 0.344. The molecular formula is C14H24ClN5O2S2. The Morgan fingerprint density at radius 2 is 2.00 bits per heavy atom. The highest BCUT2D eigenvalue weighted by atomic mass is 35.5. The summed E-state index contributed by atoms with van der Waals surface area (Å²) in [7, 11) is -1.41. The first-order valence-electron chi connectivity index (χ1n) is 7.74. The number of hydrogen-bond donors (Lipinski definition) is 2. The maximum absolute atomic E-state index is 11.0. The molecule has 7 nitrogen and oxygen atoms in total. The molecule has 0 aliphatic carbocycles. The number of nitrogens with zero attached hydrogens (tertiary/aromatic N) is 3. The lowest BCUT2D eigenvalue weighted by Crippen LogP contribution is -2.52. The number of nitrogens with one attached hydrogen (secondary N) is 2. The van der Waals surface area contributed by atoms with Crippen LogP contribution in [-0.4, -0.2) is 76.7 Å². The van der Waals surface area contributed by atoms with Crippen LogP contribution in [0, 0.1) is 0 Å². The molecule has 0 amide bonds. The van der Waals surface area contributed by atoms with E-state index in [0.717, 1.165) is 49.3 Å². The smallest absolute Gasteiger partial charge is 0.208 e. The summed E-state index contributed by atoms with van der Waals surface area (Å²) in [6.07, 6.45) is 1.15. The molecule has 136 valence electrons. The summed E-state index contributed by atoms with van der Waals surface area (Å²) in [5.41, 5.74) is 0. The third-order valence-electron chi connectivity index (χ3n) is 3.66. The van der Waals surface area contributed by atoms with Gasteiger partial charge in [0.1, 0.15) is 0 Å². The maximum atomic E-state index is 11.0. The van der Waals surface area contributed by atoms with Gasteiger partial charge in [-0.3, -0.25) is 9.89 Å². The zero-order valence-electron chi connectivity index (χ0n) is 14.0. The first kappa shape index (κ1) is 19.5. The fourth-order valence-electron chi connectivity index (χ4n) is 2.52. The van der Waals surface area contributed by atoms with Crippen LogP contribution in [0.2, 0.25) is 4.34 Å². The largest absolute Gasteiger partial charge is 0.355 e. The van der Waals surface area contributed by atoms with Crippen LogP contribution in [-0.2, 0) is 16.6 Å². The average molecular weight is 394 g/mol. The predicted molar refractivity (Wildman–Crippen MR) is 100 cm³/mol. The first-order chi connectivity index (χ1) is 11.4. The monoisotopic (exact) mass is 393 g/mol. The molecule has 1 aliphatic heterocycles. The fourth-order valence-corrected chi connectivity index (χ4v) is 4.12. The van der Waals surface area contributed by atoms with Gasteiger partial charge in [0.15, 0.2) is 5.96 Å². The molecular weight excluding hydrogens is 370 g/mol. The van der Waals surface area contributed by atoms with E-state index in [-0.39, 0.29) is 0 Å². The molecule has 1 aliphatic rings. The van der Waals surface area contributed by atoms with Crippen molar-refractivity contribution in [2.75, 3.05) is 52.6 Å². The Bertz CT molecular complexity index is 654. The second-order valence-corrected chi connectivity index (χ2v) is 9.24. The molecule has 2 heterocycles.